The summed E-state index contributed by atoms with van der Waals surface area (Å²) in [5.41, 5.74) is 0.320. The molecule has 0 atom stereocenters. The molecule has 1 aromatic carbocycles. The van der Waals surface area contributed by atoms with Crippen molar-refractivity contribution in [2.24, 2.45) is 0 Å². The van der Waals surface area contributed by atoms with E-state index < -0.39 is 18.9 Å². The van der Waals surface area contributed by atoms with E-state index in [0.717, 1.165) is 4.90 Å². The summed E-state index contributed by atoms with van der Waals surface area (Å²) < 4.78 is 24.6. The predicted octanol–water partition coefficient (Wildman–Crippen LogP) is 3.29. The minimum Gasteiger partial charge on any atom is -0.332 e. The van der Waals surface area contributed by atoms with E-state index in [4.69, 9.17) is 23.2 Å². The van der Waals surface area contributed by atoms with Gasteiger partial charge in [0.2, 0.25) is 0 Å². The fourth-order valence-electron chi connectivity index (χ4n) is 1.32. The molecule has 1 aromatic rings. The molecule has 1 amide bonds. The van der Waals surface area contributed by atoms with Crippen LogP contribution in [0.4, 0.5) is 8.78 Å². The molecule has 17 heavy (non-hydrogen) atoms. The van der Waals surface area contributed by atoms with Gasteiger partial charge in [-0.2, -0.15) is 0 Å². The standard InChI is InChI=1S/C11H11Cl2F2NO/c12-5-6-16(7-10(14)15)11(17)8-1-3-9(13)4-2-8/h1-4,10H,5-7H2. The molecule has 0 aliphatic carbocycles. The molecule has 0 aromatic heterocycles. The van der Waals surface area contributed by atoms with Crippen LogP contribution in [0, 0.1) is 0 Å². The highest BCUT2D eigenvalue weighted by molar-refractivity contribution is 6.30. The van der Waals surface area contributed by atoms with Crippen LogP contribution in [-0.4, -0.2) is 36.2 Å². The van der Waals surface area contributed by atoms with Gasteiger partial charge in [-0.1, -0.05) is 11.6 Å². The lowest BCUT2D eigenvalue weighted by Gasteiger charge is -2.21. The second-order valence-electron chi connectivity index (χ2n) is 3.34. The Balaban J connectivity index is 2.79. The highest BCUT2D eigenvalue weighted by Gasteiger charge is 2.18. The van der Waals surface area contributed by atoms with Gasteiger partial charge >= 0.3 is 0 Å². The van der Waals surface area contributed by atoms with E-state index in [2.05, 4.69) is 0 Å². The van der Waals surface area contributed by atoms with E-state index in [0.29, 0.717) is 10.6 Å². The van der Waals surface area contributed by atoms with Crippen LogP contribution < -0.4 is 0 Å². The van der Waals surface area contributed by atoms with Gasteiger partial charge in [0.1, 0.15) is 0 Å². The van der Waals surface area contributed by atoms with E-state index >= 15 is 0 Å². The Morgan fingerprint density at radius 2 is 1.88 bits per heavy atom. The molecule has 0 aliphatic rings. The lowest BCUT2D eigenvalue weighted by molar-refractivity contribution is 0.0571. The van der Waals surface area contributed by atoms with Crippen molar-refractivity contribution in [2.45, 2.75) is 6.43 Å². The molecule has 0 radical (unpaired) electrons. The Morgan fingerprint density at radius 3 is 2.35 bits per heavy atom. The zero-order valence-corrected chi connectivity index (χ0v) is 10.4. The molecule has 0 spiro atoms. The molecule has 6 heteroatoms. The van der Waals surface area contributed by atoms with Crippen LogP contribution in [0.25, 0.3) is 0 Å². The zero-order valence-electron chi connectivity index (χ0n) is 8.88. The monoisotopic (exact) mass is 281 g/mol. The molecule has 0 saturated heterocycles. The first-order chi connectivity index (χ1) is 8.04. The van der Waals surface area contributed by atoms with Gasteiger partial charge in [0.25, 0.3) is 12.3 Å². The van der Waals surface area contributed by atoms with E-state index in [1.54, 1.807) is 0 Å². The lowest BCUT2D eigenvalue weighted by Crippen LogP contribution is -2.36. The van der Waals surface area contributed by atoms with Crippen molar-refractivity contribution in [3.8, 4) is 0 Å². The van der Waals surface area contributed by atoms with Gasteiger partial charge in [-0.3, -0.25) is 4.79 Å². The number of hydrogen-bond donors (Lipinski definition) is 0. The second kappa shape index (κ2) is 6.77. The van der Waals surface area contributed by atoms with Crippen molar-refractivity contribution in [2.75, 3.05) is 19.0 Å². The van der Waals surface area contributed by atoms with Crippen molar-refractivity contribution in [3.63, 3.8) is 0 Å². The zero-order chi connectivity index (χ0) is 12.8. The number of amides is 1. The summed E-state index contributed by atoms with van der Waals surface area (Å²) in [7, 11) is 0. The third-order valence-electron chi connectivity index (χ3n) is 2.09. The van der Waals surface area contributed by atoms with Crippen molar-refractivity contribution in [3.05, 3.63) is 34.9 Å². The van der Waals surface area contributed by atoms with Gasteiger partial charge in [-0.25, -0.2) is 8.78 Å². The fourth-order valence-corrected chi connectivity index (χ4v) is 1.65. The maximum Gasteiger partial charge on any atom is 0.255 e. The minimum absolute atomic E-state index is 0.0906. The normalized spacial score (nSPS) is 10.6. The van der Waals surface area contributed by atoms with Crippen LogP contribution in [-0.2, 0) is 0 Å². The van der Waals surface area contributed by atoms with Gasteiger partial charge in [-0.05, 0) is 24.3 Å². The van der Waals surface area contributed by atoms with Gasteiger partial charge in [0, 0.05) is 23.0 Å². The third kappa shape index (κ3) is 4.48. The summed E-state index contributed by atoms with van der Waals surface area (Å²) in [5.74, 6) is -0.353. The SMILES string of the molecule is O=C(c1ccc(Cl)cc1)N(CCCl)CC(F)F. The highest BCUT2D eigenvalue weighted by atomic mass is 35.5. The van der Waals surface area contributed by atoms with Gasteiger partial charge in [0.15, 0.2) is 0 Å². The average Bonchev–Trinajstić information content (AvgIpc) is 2.28. The summed E-state index contributed by atoms with van der Waals surface area (Å²) in [6.07, 6.45) is -2.57. The quantitative estimate of drug-likeness (QED) is 0.759. The number of benzene rings is 1. The van der Waals surface area contributed by atoms with E-state index in [1.807, 2.05) is 0 Å². The van der Waals surface area contributed by atoms with Crippen molar-refractivity contribution >= 4 is 29.1 Å². The molecule has 0 N–H and O–H groups in total. The Labute approximate surface area is 108 Å². The number of rotatable bonds is 5. The average molecular weight is 282 g/mol. The van der Waals surface area contributed by atoms with Crippen LogP contribution in [0.1, 0.15) is 10.4 Å². The Hall–Kier alpha value is -0.870. The molecule has 0 bridgehead atoms. The molecule has 94 valence electrons. The molecule has 0 unspecified atom stereocenters. The fraction of sp³-hybridized carbons (Fsp3) is 0.364. The molecule has 1 rings (SSSR count). The topological polar surface area (TPSA) is 20.3 Å². The van der Waals surface area contributed by atoms with Crippen molar-refractivity contribution in [1.29, 1.82) is 0 Å². The molecule has 0 aliphatic heterocycles. The van der Waals surface area contributed by atoms with Crippen molar-refractivity contribution < 1.29 is 13.6 Å². The van der Waals surface area contributed by atoms with Crippen LogP contribution in [0.15, 0.2) is 24.3 Å². The first-order valence-electron chi connectivity index (χ1n) is 4.93. The number of alkyl halides is 3. The predicted molar refractivity (Wildman–Crippen MR) is 64.1 cm³/mol. The summed E-state index contributed by atoms with van der Waals surface area (Å²) in [6.45, 7) is -0.526. The molecular formula is C11H11Cl2F2NO. The number of carbonyl (C=O) groups excluding carboxylic acids is 1. The minimum atomic E-state index is -2.57. The number of carbonyl (C=O) groups is 1. The van der Waals surface area contributed by atoms with E-state index in [-0.39, 0.29) is 12.4 Å². The van der Waals surface area contributed by atoms with Crippen molar-refractivity contribution in [1.82, 2.24) is 4.90 Å². The number of halogens is 4. The van der Waals surface area contributed by atoms with Crippen LogP contribution in [0.2, 0.25) is 5.02 Å². The van der Waals surface area contributed by atoms with Crippen LogP contribution >= 0.6 is 23.2 Å². The summed E-state index contributed by atoms with van der Waals surface area (Å²) in [6, 6.07) is 6.07. The maximum atomic E-state index is 12.3. The molecule has 2 nitrogen and oxygen atoms in total. The van der Waals surface area contributed by atoms with Gasteiger partial charge in [-0.15, -0.1) is 11.6 Å². The number of hydrogen-bond acceptors (Lipinski definition) is 1. The largest absolute Gasteiger partial charge is 0.332 e. The molecule has 0 heterocycles. The Bertz CT molecular complexity index is 370. The highest BCUT2D eigenvalue weighted by Crippen LogP contribution is 2.12. The lowest BCUT2D eigenvalue weighted by atomic mass is 10.2. The smallest absolute Gasteiger partial charge is 0.255 e. The van der Waals surface area contributed by atoms with Gasteiger partial charge < -0.3 is 4.90 Å². The molecule has 0 fully saturated rings. The summed E-state index contributed by atoms with van der Waals surface area (Å²) in [4.78, 5) is 12.9. The van der Waals surface area contributed by atoms with Crippen LogP contribution in [0.3, 0.4) is 0 Å². The second-order valence-corrected chi connectivity index (χ2v) is 4.15. The Morgan fingerprint density at radius 1 is 1.29 bits per heavy atom. The maximum absolute atomic E-state index is 12.3. The van der Waals surface area contributed by atoms with Gasteiger partial charge in [0.05, 0.1) is 6.54 Å². The molecular weight excluding hydrogens is 271 g/mol. The first kappa shape index (κ1) is 14.2. The summed E-state index contributed by atoms with van der Waals surface area (Å²) in [5, 5.41) is 0.485. The summed E-state index contributed by atoms with van der Waals surface area (Å²) >= 11 is 11.2. The first-order valence-corrected chi connectivity index (χ1v) is 5.84. The van der Waals surface area contributed by atoms with Crippen LogP contribution in [0.5, 0.6) is 0 Å². The molecule has 0 saturated carbocycles. The van der Waals surface area contributed by atoms with E-state index in [9.17, 15) is 13.6 Å². The third-order valence-corrected chi connectivity index (χ3v) is 2.51. The number of nitrogens with zero attached hydrogens (tertiary/aromatic N) is 1. The van der Waals surface area contributed by atoms with E-state index in [1.165, 1.54) is 24.3 Å². The Kier molecular flexibility index (Phi) is 5.65.